The summed E-state index contributed by atoms with van der Waals surface area (Å²) in [5.41, 5.74) is 0. The highest BCUT2D eigenvalue weighted by Gasteiger charge is 2.08. The van der Waals surface area contributed by atoms with Crippen molar-refractivity contribution in [2.45, 2.75) is 52.1 Å². The molecular formula is C14H24N2O2. The van der Waals surface area contributed by atoms with Crippen LogP contribution < -0.4 is 10.6 Å². The Labute approximate surface area is 109 Å². The molecule has 0 spiro atoms. The molecule has 1 aromatic heterocycles. The summed E-state index contributed by atoms with van der Waals surface area (Å²) in [7, 11) is 0. The molecule has 4 nitrogen and oxygen atoms in total. The first kappa shape index (κ1) is 14.8. The standard InChI is InChI=1S/C14H24N2O2/c1-4-11(2)16-14(17)7-8-15-12(3)10-13-6-5-9-18-13/h5-6,9,11-12,15H,4,7-8,10H2,1-3H3,(H,16,17). The molecule has 4 heteroatoms. The van der Waals surface area contributed by atoms with Crippen LogP contribution in [-0.2, 0) is 11.2 Å². The van der Waals surface area contributed by atoms with Crippen molar-refractivity contribution in [3.05, 3.63) is 24.2 Å². The van der Waals surface area contributed by atoms with Crippen molar-refractivity contribution in [2.75, 3.05) is 6.54 Å². The minimum absolute atomic E-state index is 0.113. The highest BCUT2D eigenvalue weighted by molar-refractivity contribution is 5.76. The number of carbonyl (C=O) groups is 1. The van der Waals surface area contributed by atoms with Crippen molar-refractivity contribution in [3.63, 3.8) is 0 Å². The lowest BCUT2D eigenvalue weighted by Crippen LogP contribution is -2.36. The molecule has 102 valence electrons. The predicted molar refractivity (Wildman–Crippen MR) is 72.4 cm³/mol. The van der Waals surface area contributed by atoms with Gasteiger partial charge in [0.15, 0.2) is 0 Å². The van der Waals surface area contributed by atoms with E-state index in [2.05, 4.69) is 24.5 Å². The van der Waals surface area contributed by atoms with Gasteiger partial charge in [-0.3, -0.25) is 4.79 Å². The van der Waals surface area contributed by atoms with Crippen molar-refractivity contribution in [1.82, 2.24) is 10.6 Å². The van der Waals surface area contributed by atoms with Crippen LogP contribution in [0.4, 0.5) is 0 Å². The average molecular weight is 252 g/mol. The number of nitrogens with one attached hydrogen (secondary N) is 2. The van der Waals surface area contributed by atoms with Gasteiger partial charge in [0.1, 0.15) is 5.76 Å². The molecule has 0 aliphatic rings. The number of furan rings is 1. The highest BCUT2D eigenvalue weighted by atomic mass is 16.3. The maximum absolute atomic E-state index is 11.5. The third-order valence-corrected chi connectivity index (χ3v) is 2.95. The Morgan fingerprint density at radius 1 is 1.39 bits per heavy atom. The molecule has 0 aliphatic carbocycles. The fourth-order valence-electron chi connectivity index (χ4n) is 1.68. The van der Waals surface area contributed by atoms with Crippen LogP contribution in [0.2, 0.25) is 0 Å². The molecule has 0 saturated carbocycles. The molecule has 1 aromatic rings. The third kappa shape index (κ3) is 5.87. The monoisotopic (exact) mass is 252 g/mol. The fourth-order valence-corrected chi connectivity index (χ4v) is 1.68. The first-order chi connectivity index (χ1) is 8.61. The van der Waals surface area contributed by atoms with Crippen molar-refractivity contribution in [2.24, 2.45) is 0 Å². The molecule has 1 amide bonds. The molecule has 2 N–H and O–H groups in total. The topological polar surface area (TPSA) is 54.3 Å². The molecule has 1 rings (SSSR count). The Hall–Kier alpha value is -1.29. The van der Waals surface area contributed by atoms with Crippen LogP contribution in [0.5, 0.6) is 0 Å². The maximum atomic E-state index is 11.5. The van der Waals surface area contributed by atoms with Crippen LogP contribution >= 0.6 is 0 Å². The van der Waals surface area contributed by atoms with E-state index in [1.54, 1.807) is 6.26 Å². The summed E-state index contributed by atoms with van der Waals surface area (Å²) in [5.74, 6) is 1.08. The SMILES string of the molecule is CCC(C)NC(=O)CCNC(C)Cc1ccco1. The molecule has 0 fully saturated rings. The van der Waals surface area contributed by atoms with Crippen molar-refractivity contribution in [3.8, 4) is 0 Å². The summed E-state index contributed by atoms with van der Waals surface area (Å²) in [6, 6.07) is 4.43. The van der Waals surface area contributed by atoms with Crippen LogP contribution in [0.1, 0.15) is 39.4 Å². The van der Waals surface area contributed by atoms with Gasteiger partial charge in [-0.2, -0.15) is 0 Å². The Bertz CT molecular complexity index is 336. The van der Waals surface area contributed by atoms with Crippen LogP contribution in [0.3, 0.4) is 0 Å². The van der Waals surface area contributed by atoms with Crippen molar-refractivity contribution in [1.29, 1.82) is 0 Å². The van der Waals surface area contributed by atoms with Gasteiger partial charge in [-0.1, -0.05) is 6.92 Å². The van der Waals surface area contributed by atoms with E-state index in [9.17, 15) is 4.79 Å². The van der Waals surface area contributed by atoms with Gasteiger partial charge in [0.25, 0.3) is 0 Å². The number of hydrogen-bond acceptors (Lipinski definition) is 3. The largest absolute Gasteiger partial charge is 0.469 e. The summed E-state index contributed by atoms with van der Waals surface area (Å²) in [5, 5.41) is 6.27. The van der Waals surface area contributed by atoms with Crippen LogP contribution in [-0.4, -0.2) is 24.5 Å². The molecule has 0 aliphatic heterocycles. The zero-order chi connectivity index (χ0) is 13.4. The lowest BCUT2D eigenvalue weighted by molar-refractivity contribution is -0.121. The summed E-state index contributed by atoms with van der Waals surface area (Å²) in [6.07, 6.45) is 4.02. The predicted octanol–water partition coefficient (Wildman–Crippen LogP) is 2.10. The van der Waals surface area contributed by atoms with E-state index in [0.29, 0.717) is 19.0 Å². The van der Waals surface area contributed by atoms with E-state index in [1.807, 2.05) is 19.1 Å². The van der Waals surface area contributed by atoms with E-state index in [1.165, 1.54) is 0 Å². The van der Waals surface area contributed by atoms with E-state index < -0.39 is 0 Å². The van der Waals surface area contributed by atoms with Gasteiger partial charge in [0, 0.05) is 31.5 Å². The van der Waals surface area contributed by atoms with E-state index in [4.69, 9.17) is 4.42 Å². The van der Waals surface area contributed by atoms with E-state index >= 15 is 0 Å². The van der Waals surface area contributed by atoms with Crippen molar-refractivity contribution >= 4 is 5.91 Å². The number of rotatable bonds is 8. The number of hydrogen-bond donors (Lipinski definition) is 2. The van der Waals surface area contributed by atoms with E-state index in [0.717, 1.165) is 18.6 Å². The smallest absolute Gasteiger partial charge is 0.221 e. The second-order valence-corrected chi connectivity index (χ2v) is 4.77. The quantitative estimate of drug-likeness (QED) is 0.745. The zero-order valence-electron chi connectivity index (χ0n) is 11.5. The van der Waals surface area contributed by atoms with Gasteiger partial charge in [-0.05, 0) is 32.4 Å². The minimum atomic E-state index is 0.113. The molecule has 1 heterocycles. The lowest BCUT2D eigenvalue weighted by atomic mass is 10.2. The molecule has 0 bridgehead atoms. The molecule has 0 aromatic carbocycles. The summed E-state index contributed by atoms with van der Waals surface area (Å²) in [6.45, 7) is 6.87. The van der Waals surface area contributed by atoms with E-state index in [-0.39, 0.29) is 11.9 Å². The second-order valence-electron chi connectivity index (χ2n) is 4.77. The normalized spacial score (nSPS) is 14.2. The summed E-state index contributed by atoms with van der Waals surface area (Å²) >= 11 is 0. The number of amides is 1. The van der Waals surface area contributed by atoms with Gasteiger partial charge in [0.2, 0.25) is 5.91 Å². The third-order valence-electron chi connectivity index (χ3n) is 2.95. The van der Waals surface area contributed by atoms with Crippen molar-refractivity contribution < 1.29 is 9.21 Å². The second kappa shape index (κ2) is 7.93. The van der Waals surface area contributed by atoms with Gasteiger partial charge >= 0.3 is 0 Å². The minimum Gasteiger partial charge on any atom is -0.469 e. The molecule has 2 atom stereocenters. The average Bonchev–Trinajstić information content (AvgIpc) is 2.81. The maximum Gasteiger partial charge on any atom is 0.221 e. The summed E-state index contributed by atoms with van der Waals surface area (Å²) < 4.78 is 5.28. The first-order valence-corrected chi connectivity index (χ1v) is 6.67. The Morgan fingerprint density at radius 3 is 2.78 bits per heavy atom. The zero-order valence-corrected chi connectivity index (χ0v) is 11.5. The van der Waals surface area contributed by atoms with Gasteiger partial charge in [-0.15, -0.1) is 0 Å². The Balaban J connectivity index is 2.11. The molecular weight excluding hydrogens is 228 g/mol. The van der Waals surface area contributed by atoms with Gasteiger partial charge in [-0.25, -0.2) is 0 Å². The van der Waals surface area contributed by atoms with Crippen LogP contribution in [0, 0.1) is 0 Å². The molecule has 0 radical (unpaired) electrons. The van der Waals surface area contributed by atoms with Gasteiger partial charge in [0.05, 0.1) is 6.26 Å². The Morgan fingerprint density at radius 2 is 2.17 bits per heavy atom. The Kier molecular flexibility index (Phi) is 6.50. The highest BCUT2D eigenvalue weighted by Crippen LogP contribution is 2.03. The van der Waals surface area contributed by atoms with Crippen LogP contribution in [0.25, 0.3) is 0 Å². The van der Waals surface area contributed by atoms with Gasteiger partial charge < -0.3 is 15.1 Å². The summed E-state index contributed by atoms with van der Waals surface area (Å²) in [4.78, 5) is 11.5. The van der Waals surface area contributed by atoms with Crippen LogP contribution in [0.15, 0.2) is 22.8 Å². The molecule has 0 saturated heterocycles. The first-order valence-electron chi connectivity index (χ1n) is 6.67. The fraction of sp³-hybridized carbons (Fsp3) is 0.643. The lowest BCUT2D eigenvalue weighted by Gasteiger charge is -2.14. The number of carbonyl (C=O) groups excluding carboxylic acids is 1. The molecule has 18 heavy (non-hydrogen) atoms. The molecule has 2 unspecified atom stereocenters.